The van der Waals surface area contributed by atoms with E-state index in [1.165, 1.54) is 11.3 Å². The molecule has 108 valence electrons. The summed E-state index contributed by atoms with van der Waals surface area (Å²) < 4.78 is 9.32. The predicted molar refractivity (Wildman–Crippen MR) is 84.9 cm³/mol. The SMILES string of the molecule is CCCC(=O)N=c1sc2cc(Br)ccc2n1CCOC. The normalized spacial score (nSPS) is 12.2. The molecule has 0 radical (unpaired) electrons. The van der Waals surface area contributed by atoms with Crippen LogP contribution in [0.5, 0.6) is 0 Å². The summed E-state index contributed by atoms with van der Waals surface area (Å²) in [7, 11) is 1.67. The maximum atomic E-state index is 11.8. The molecule has 0 bridgehead atoms. The minimum absolute atomic E-state index is 0.0655. The predicted octanol–water partition coefficient (Wildman–Crippen LogP) is 3.34. The zero-order valence-corrected chi connectivity index (χ0v) is 14.0. The van der Waals surface area contributed by atoms with Gasteiger partial charge in [-0.05, 0) is 24.6 Å². The van der Waals surface area contributed by atoms with Gasteiger partial charge in [0, 0.05) is 24.5 Å². The molecule has 2 aromatic rings. The number of ether oxygens (including phenoxy) is 1. The molecule has 4 nitrogen and oxygen atoms in total. The monoisotopic (exact) mass is 356 g/mol. The van der Waals surface area contributed by atoms with Gasteiger partial charge < -0.3 is 9.30 Å². The van der Waals surface area contributed by atoms with Gasteiger partial charge in [-0.1, -0.05) is 34.2 Å². The van der Waals surface area contributed by atoms with Crippen molar-refractivity contribution in [1.82, 2.24) is 4.57 Å². The highest BCUT2D eigenvalue weighted by molar-refractivity contribution is 9.10. The lowest BCUT2D eigenvalue weighted by molar-refractivity contribution is -0.118. The van der Waals surface area contributed by atoms with Crippen LogP contribution in [0.1, 0.15) is 19.8 Å². The van der Waals surface area contributed by atoms with Crippen LogP contribution in [-0.2, 0) is 16.1 Å². The van der Waals surface area contributed by atoms with Crippen molar-refractivity contribution in [2.45, 2.75) is 26.3 Å². The molecule has 0 fully saturated rings. The maximum Gasteiger partial charge on any atom is 0.248 e. The van der Waals surface area contributed by atoms with Crippen LogP contribution in [0.2, 0.25) is 0 Å². The molecule has 0 aliphatic rings. The Morgan fingerprint density at radius 2 is 2.30 bits per heavy atom. The number of hydrogen-bond donors (Lipinski definition) is 0. The standard InChI is InChI=1S/C14H17BrN2O2S/c1-3-4-13(18)16-14-17(7-8-19-2)11-6-5-10(15)9-12(11)20-14/h5-6,9H,3-4,7-8H2,1-2H3. The molecule has 0 unspecified atom stereocenters. The summed E-state index contributed by atoms with van der Waals surface area (Å²) in [4.78, 5) is 16.8. The molecule has 1 aromatic heterocycles. The van der Waals surface area contributed by atoms with E-state index in [2.05, 4.69) is 20.9 Å². The first kappa shape index (κ1) is 15.4. The zero-order valence-electron chi connectivity index (χ0n) is 11.6. The number of amides is 1. The van der Waals surface area contributed by atoms with Crippen LogP contribution in [0.15, 0.2) is 27.7 Å². The third-order valence-corrected chi connectivity index (χ3v) is 4.38. The van der Waals surface area contributed by atoms with Crippen molar-refractivity contribution in [2.75, 3.05) is 13.7 Å². The minimum Gasteiger partial charge on any atom is -0.383 e. The highest BCUT2D eigenvalue weighted by Gasteiger charge is 2.08. The van der Waals surface area contributed by atoms with Crippen LogP contribution in [0, 0.1) is 0 Å². The summed E-state index contributed by atoms with van der Waals surface area (Å²) >= 11 is 5.00. The van der Waals surface area contributed by atoms with Crippen molar-refractivity contribution >= 4 is 43.4 Å². The molecule has 0 aliphatic carbocycles. The third-order valence-electron chi connectivity index (χ3n) is 2.85. The Morgan fingerprint density at radius 1 is 1.50 bits per heavy atom. The molecule has 0 aliphatic heterocycles. The van der Waals surface area contributed by atoms with Crippen molar-refractivity contribution in [3.05, 3.63) is 27.5 Å². The number of carbonyl (C=O) groups excluding carboxylic acids is 1. The van der Waals surface area contributed by atoms with Gasteiger partial charge >= 0.3 is 0 Å². The van der Waals surface area contributed by atoms with E-state index in [0.717, 1.165) is 25.9 Å². The fraction of sp³-hybridized carbons (Fsp3) is 0.429. The Bertz CT molecular complexity index is 675. The number of benzene rings is 1. The first-order valence-electron chi connectivity index (χ1n) is 6.51. The lowest BCUT2D eigenvalue weighted by Gasteiger charge is -2.04. The largest absolute Gasteiger partial charge is 0.383 e. The van der Waals surface area contributed by atoms with E-state index in [1.807, 2.05) is 29.7 Å². The molecule has 0 spiro atoms. The Hall–Kier alpha value is -0.980. The molecular formula is C14H17BrN2O2S. The molecule has 1 aromatic carbocycles. The Balaban J connectivity index is 2.53. The van der Waals surface area contributed by atoms with Gasteiger partial charge in [0.2, 0.25) is 5.91 Å². The van der Waals surface area contributed by atoms with Gasteiger partial charge in [0.1, 0.15) is 0 Å². The van der Waals surface area contributed by atoms with Gasteiger partial charge in [0.05, 0.1) is 16.8 Å². The minimum atomic E-state index is -0.0655. The number of thiazole rings is 1. The number of halogens is 1. The molecule has 0 atom stereocenters. The summed E-state index contributed by atoms with van der Waals surface area (Å²) in [5.41, 5.74) is 1.08. The second kappa shape index (κ2) is 7.15. The highest BCUT2D eigenvalue weighted by Crippen LogP contribution is 2.22. The van der Waals surface area contributed by atoms with E-state index in [-0.39, 0.29) is 5.91 Å². The van der Waals surface area contributed by atoms with Gasteiger partial charge in [-0.25, -0.2) is 0 Å². The fourth-order valence-corrected chi connectivity index (χ4v) is 3.53. The smallest absolute Gasteiger partial charge is 0.248 e. The number of rotatable bonds is 5. The Morgan fingerprint density at radius 3 is 3.00 bits per heavy atom. The van der Waals surface area contributed by atoms with Crippen LogP contribution in [0.3, 0.4) is 0 Å². The van der Waals surface area contributed by atoms with Gasteiger partial charge in [0.25, 0.3) is 0 Å². The van der Waals surface area contributed by atoms with E-state index < -0.39 is 0 Å². The molecule has 0 N–H and O–H groups in total. The van der Waals surface area contributed by atoms with E-state index in [0.29, 0.717) is 19.6 Å². The molecule has 2 rings (SSSR count). The second-order valence-electron chi connectivity index (χ2n) is 4.40. The average molecular weight is 357 g/mol. The number of methoxy groups -OCH3 is 1. The average Bonchev–Trinajstić information content (AvgIpc) is 2.73. The fourth-order valence-electron chi connectivity index (χ4n) is 1.91. The first-order valence-corrected chi connectivity index (χ1v) is 8.12. The molecule has 0 saturated heterocycles. The number of carbonyl (C=O) groups is 1. The molecule has 20 heavy (non-hydrogen) atoms. The van der Waals surface area contributed by atoms with E-state index in [9.17, 15) is 4.79 Å². The van der Waals surface area contributed by atoms with Gasteiger partial charge in [-0.15, -0.1) is 0 Å². The molecule has 0 saturated carbocycles. The summed E-state index contributed by atoms with van der Waals surface area (Å²) in [5.74, 6) is -0.0655. The van der Waals surface area contributed by atoms with Crippen LogP contribution in [0.25, 0.3) is 10.2 Å². The third kappa shape index (κ3) is 3.56. The topological polar surface area (TPSA) is 43.6 Å². The zero-order chi connectivity index (χ0) is 14.5. The van der Waals surface area contributed by atoms with Gasteiger partial charge in [-0.2, -0.15) is 4.99 Å². The van der Waals surface area contributed by atoms with E-state index in [4.69, 9.17) is 4.74 Å². The number of fused-ring (bicyclic) bond motifs is 1. The molecule has 6 heteroatoms. The van der Waals surface area contributed by atoms with Crippen molar-refractivity contribution < 1.29 is 9.53 Å². The van der Waals surface area contributed by atoms with Gasteiger partial charge in [-0.3, -0.25) is 4.79 Å². The summed E-state index contributed by atoms with van der Waals surface area (Å²) in [6.45, 7) is 3.27. The lowest BCUT2D eigenvalue weighted by atomic mass is 10.3. The van der Waals surface area contributed by atoms with Crippen LogP contribution >= 0.6 is 27.3 Å². The first-order chi connectivity index (χ1) is 9.65. The molecular weight excluding hydrogens is 340 g/mol. The van der Waals surface area contributed by atoms with Crippen molar-refractivity contribution in [2.24, 2.45) is 4.99 Å². The Kier molecular flexibility index (Phi) is 5.51. The number of aromatic nitrogens is 1. The van der Waals surface area contributed by atoms with E-state index in [1.54, 1.807) is 7.11 Å². The van der Waals surface area contributed by atoms with Crippen LogP contribution in [0.4, 0.5) is 0 Å². The van der Waals surface area contributed by atoms with Crippen molar-refractivity contribution in [3.63, 3.8) is 0 Å². The summed E-state index contributed by atoms with van der Waals surface area (Å²) in [6.07, 6.45) is 1.30. The van der Waals surface area contributed by atoms with Crippen LogP contribution < -0.4 is 4.80 Å². The van der Waals surface area contributed by atoms with E-state index >= 15 is 0 Å². The quantitative estimate of drug-likeness (QED) is 0.824. The molecule has 1 amide bonds. The highest BCUT2D eigenvalue weighted by atomic mass is 79.9. The van der Waals surface area contributed by atoms with Crippen molar-refractivity contribution in [3.8, 4) is 0 Å². The lowest BCUT2D eigenvalue weighted by Crippen LogP contribution is -2.19. The second-order valence-corrected chi connectivity index (χ2v) is 6.32. The maximum absolute atomic E-state index is 11.8. The Labute approximate surface area is 130 Å². The number of hydrogen-bond acceptors (Lipinski definition) is 3. The van der Waals surface area contributed by atoms with Crippen molar-refractivity contribution in [1.29, 1.82) is 0 Å². The van der Waals surface area contributed by atoms with Crippen LogP contribution in [-0.4, -0.2) is 24.2 Å². The molecule has 1 heterocycles. The number of nitrogens with zero attached hydrogens (tertiary/aromatic N) is 2. The summed E-state index contributed by atoms with van der Waals surface area (Å²) in [6, 6.07) is 6.08. The summed E-state index contributed by atoms with van der Waals surface area (Å²) in [5, 5.41) is 0. The van der Waals surface area contributed by atoms with Gasteiger partial charge in [0.15, 0.2) is 4.80 Å².